The molecule has 0 radical (unpaired) electrons. The van der Waals surface area contributed by atoms with Crippen LogP contribution in [0.3, 0.4) is 0 Å². The second kappa shape index (κ2) is 6.06. The molecule has 0 unspecified atom stereocenters. The molecule has 0 aliphatic heterocycles. The van der Waals surface area contributed by atoms with Gasteiger partial charge in [0.25, 0.3) is 0 Å². The van der Waals surface area contributed by atoms with Crippen LogP contribution in [0.25, 0.3) is 42.4 Å². The minimum Gasteiger partial charge on any atom is -0.135 e. The van der Waals surface area contributed by atoms with E-state index in [0.29, 0.717) is 0 Å². The molecule has 146 valence electrons. The predicted octanol–water partition coefficient (Wildman–Crippen LogP) is 8.64. The van der Waals surface area contributed by atoms with Crippen LogP contribution in [-0.2, 0) is 5.41 Å². The van der Waals surface area contributed by atoms with Crippen molar-refractivity contribution < 1.29 is 0 Å². The second-order valence-corrected chi connectivity index (χ2v) is 10.1. The minimum absolute atomic E-state index is 0.0532. The first kappa shape index (κ1) is 17.9. The normalized spacial score (nSPS) is 14.3. The molecule has 0 bridgehead atoms. The van der Waals surface area contributed by atoms with Gasteiger partial charge in [-0.05, 0) is 70.5 Å². The average Bonchev–Trinajstić information content (AvgIpc) is 3.22. The molecule has 1 aromatic heterocycles. The Morgan fingerprint density at radius 3 is 2.17 bits per heavy atom. The van der Waals surface area contributed by atoms with Gasteiger partial charge >= 0.3 is 0 Å². The summed E-state index contributed by atoms with van der Waals surface area (Å²) in [6.45, 7) is 9.21. The van der Waals surface area contributed by atoms with Crippen LogP contribution in [0, 0.1) is 13.8 Å². The van der Waals surface area contributed by atoms with E-state index in [1.54, 1.807) is 0 Å². The van der Waals surface area contributed by atoms with Crippen molar-refractivity contribution in [1.29, 1.82) is 0 Å². The van der Waals surface area contributed by atoms with Crippen molar-refractivity contribution in [3.8, 4) is 22.3 Å². The lowest BCUT2D eigenvalue weighted by Crippen LogP contribution is -2.14. The van der Waals surface area contributed by atoms with Crippen molar-refractivity contribution in [1.82, 2.24) is 0 Å². The third-order valence-corrected chi connectivity index (χ3v) is 8.31. The van der Waals surface area contributed by atoms with Crippen molar-refractivity contribution in [2.24, 2.45) is 0 Å². The summed E-state index contributed by atoms with van der Waals surface area (Å²) in [5.74, 6) is 0. The summed E-state index contributed by atoms with van der Waals surface area (Å²) >= 11 is 1.95. The van der Waals surface area contributed by atoms with Crippen molar-refractivity contribution in [2.75, 3.05) is 0 Å². The van der Waals surface area contributed by atoms with E-state index in [1.807, 2.05) is 11.3 Å². The standard InChI is InChI=1S/C29H24S/c1-17-9-5-6-10-19(17)20-13-14-22-24-15-23-21-11-7-8-12-25(21)29(3,4)26(23)16-27(24)30-28(22)18(20)2/h5-16H,1-4H3. The summed E-state index contributed by atoms with van der Waals surface area (Å²) in [6.07, 6.45) is 0. The Morgan fingerprint density at radius 1 is 0.633 bits per heavy atom. The maximum Gasteiger partial charge on any atom is 0.0390 e. The van der Waals surface area contributed by atoms with E-state index >= 15 is 0 Å². The Balaban J connectivity index is 1.65. The van der Waals surface area contributed by atoms with E-state index in [4.69, 9.17) is 0 Å². The molecule has 5 aromatic rings. The summed E-state index contributed by atoms with van der Waals surface area (Å²) in [6, 6.07) is 27.2. The molecular formula is C29H24S. The minimum atomic E-state index is 0.0532. The zero-order valence-corrected chi connectivity index (χ0v) is 18.7. The van der Waals surface area contributed by atoms with Crippen LogP contribution in [0.2, 0.25) is 0 Å². The van der Waals surface area contributed by atoms with Gasteiger partial charge in [-0.3, -0.25) is 0 Å². The Bertz CT molecular complexity index is 1480. The molecule has 1 heteroatoms. The summed E-state index contributed by atoms with van der Waals surface area (Å²) in [5.41, 5.74) is 11.2. The van der Waals surface area contributed by atoms with Crippen molar-refractivity contribution in [3.05, 3.63) is 95.1 Å². The quantitative estimate of drug-likeness (QED) is 0.262. The zero-order chi connectivity index (χ0) is 20.6. The van der Waals surface area contributed by atoms with E-state index < -0.39 is 0 Å². The average molecular weight is 405 g/mol. The van der Waals surface area contributed by atoms with E-state index in [2.05, 4.69) is 100 Å². The first-order valence-electron chi connectivity index (χ1n) is 10.6. The molecule has 0 saturated heterocycles. The molecule has 0 N–H and O–H groups in total. The summed E-state index contributed by atoms with van der Waals surface area (Å²) in [4.78, 5) is 0. The lowest BCUT2D eigenvalue weighted by molar-refractivity contribution is 0.661. The smallest absolute Gasteiger partial charge is 0.0390 e. The van der Waals surface area contributed by atoms with Gasteiger partial charge in [0.05, 0.1) is 0 Å². The number of thiophene rings is 1. The highest BCUT2D eigenvalue weighted by molar-refractivity contribution is 7.26. The topological polar surface area (TPSA) is 0 Å². The SMILES string of the molecule is Cc1ccccc1-c1ccc2c(sc3cc4c(cc32)-c2ccccc2C4(C)C)c1C. The Kier molecular flexibility index (Phi) is 3.62. The monoisotopic (exact) mass is 404 g/mol. The van der Waals surface area contributed by atoms with Gasteiger partial charge in [-0.1, -0.05) is 74.5 Å². The summed E-state index contributed by atoms with van der Waals surface area (Å²) in [5, 5.41) is 2.77. The molecular weight excluding hydrogens is 380 g/mol. The van der Waals surface area contributed by atoms with E-state index in [9.17, 15) is 0 Å². The molecule has 0 saturated carbocycles. The molecule has 30 heavy (non-hydrogen) atoms. The van der Waals surface area contributed by atoms with Gasteiger partial charge in [0.15, 0.2) is 0 Å². The number of benzene rings is 4. The fourth-order valence-electron chi connectivity index (χ4n) is 5.33. The van der Waals surface area contributed by atoms with Gasteiger partial charge in [0.1, 0.15) is 0 Å². The van der Waals surface area contributed by atoms with Crippen LogP contribution in [0.15, 0.2) is 72.8 Å². The molecule has 0 nitrogen and oxygen atoms in total. The van der Waals surface area contributed by atoms with Gasteiger partial charge < -0.3 is 0 Å². The first-order valence-corrected chi connectivity index (χ1v) is 11.4. The van der Waals surface area contributed by atoms with Gasteiger partial charge in [0, 0.05) is 25.6 Å². The van der Waals surface area contributed by atoms with Crippen molar-refractivity contribution in [3.63, 3.8) is 0 Å². The molecule has 6 rings (SSSR count). The zero-order valence-electron chi connectivity index (χ0n) is 17.8. The summed E-state index contributed by atoms with van der Waals surface area (Å²) < 4.78 is 2.81. The Morgan fingerprint density at radius 2 is 1.37 bits per heavy atom. The molecule has 0 spiro atoms. The number of hydrogen-bond donors (Lipinski definition) is 0. The van der Waals surface area contributed by atoms with Gasteiger partial charge in [-0.25, -0.2) is 0 Å². The molecule has 4 aromatic carbocycles. The number of hydrogen-bond acceptors (Lipinski definition) is 1. The molecule has 1 heterocycles. The molecule has 0 fully saturated rings. The van der Waals surface area contributed by atoms with Crippen molar-refractivity contribution in [2.45, 2.75) is 33.1 Å². The first-order chi connectivity index (χ1) is 14.5. The Hall–Kier alpha value is -2.90. The van der Waals surface area contributed by atoms with E-state index in [1.165, 1.54) is 64.7 Å². The second-order valence-electron chi connectivity index (χ2n) is 9.10. The maximum atomic E-state index is 2.46. The highest BCUT2D eigenvalue weighted by atomic mass is 32.1. The molecule has 1 aliphatic carbocycles. The third-order valence-electron chi connectivity index (χ3n) is 7.03. The number of rotatable bonds is 1. The van der Waals surface area contributed by atoms with Crippen LogP contribution in [-0.4, -0.2) is 0 Å². The number of fused-ring (bicyclic) bond motifs is 6. The number of aryl methyl sites for hydroxylation is 2. The van der Waals surface area contributed by atoms with Crippen LogP contribution < -0.4 is 0 Å². The fourth-order valence-corrected chi connectivity index (χ4v) is 6.56. The molecule has 1 aliphatic rings. The molecule has 0 amide bonds. The predicted molar refractivity (Wildman–Crippen MR) is 132 cm³/mol. The van der Waals surface area contributed by atoms with Gasteiger partial charge in [-0.2, -0.15) is 0 Å². The maximum absolute atomic E-state index is 2.46. The van der Waals surface area contributed by atoms with Gasteiger partial charge in [-0.15, -0.1) is 11.3 Å². The lowest BCUT2D eigenvalue weighted by Gasteiger charge is -2.21. The van der Waals surface area contributed by atoms with Crippen LogP contribution in [0.4, 0.5) is 0 Å². The van der Waals surface area contributed by atoms with Crippen molar-refractivity contribution >= 4 is 31.5 Å². The summed E-state index contributed by atoms with van der Waals surface area (Å²) in [7, 11) is 0. The lowest BCUT2D eigenvalue weighted by atomic mass is 9.82. The van der Waals surface area contributed by atoms with Gasteiger partial charge in [0.2, 0.25) is 0 Å². The van der Waals surface area contributed by atoms with Crippen LogP contribution >= 0.6 is 11.3 Å². The Labute approximate surface area is 181 Å². The fraction of sp³-hybridized carbons (Fsp3) is 0.172. The van der Waals surface area contributed by atoms with E-state index in [-0.39, 0.29) is 5.41 Å². The largest absolute Gasteiger partial charge is 0.135 e. The highest BCUT2D eigenvalue weighted by Crippen LogP contribution is 2.51. The molecule has 0 atom stereocenters. The van der Waals surface area contributed by atoms with Crippen LogP contribution in [0.5, 0.6) is 0 Å². The third kappa shape index (κ3) is 2.27. The van der Waals surface area contributed by atoms with E-state index in [0.717, 1.165) is 0 Å². The highest BCUT2D eigenvalue weighted by Gasteiger charge is 2.35. The van der Waals surface area contributed by atoms with Crippen LogP contribution in [0.1, 0.15) is 36.1 Å².